The summed E-state index contributed by atoms with van der Waals surface area (Å²) in [5.74, 6) is -0.0590. The molecule has 0 saturated carbocycles. The van der Waals surface area contributed by atoms with E-state index >= 15 is 0 Å². The lowest BCUT2D eigenvalue weighted by atomic mass is 9.92. The number of nitrogens with two attached hydrogens (primary N) is 1. The minimum Gasteiger partial charge on any atom is -0.338 e. The Labute approximate surface area is 121 Å². The Hall–Kier alpha value is -0.940. The van der Waals surface area contributed by atoms with E-state index < -0.39 is 0 Å². The summed E-state index contributed by atoms with van der Waals surface area (Å²) >= 11 is 3.11. The Kier molecular flexibility index (Phi) is 4.58. The molecule has 1 aliphatic rings. The maximum atomic E-state index is 13.2. The van der Waals surface area contributed by atoms with Gasteiger partial charge in [0.1, 0.15) is 5.82 Å². The Balaban J connectivity index is 2.12. The van der Waals surface area contributed by atoms with E-state index in [1.807, 2.05) is 11.8 Å². The second kappa shape index (κ2) is 6.01. The SMILES string of the molecule is C[C@@H](N)[C@H]1CCCN(C(=O)c2ccc(F)c(Br)c2)C1. The number of amides is 1. The number of hydrogen-bond acceptors (Lipinski definition) is 2. The summed E-state index contributed by atoms with van der Waals surface area (Å²) in [5.41, 5.74) is 6.43. The van der Waals surface area contributed by atoms with Crippen LogP contribution in [0, 0.1) is 11.7 Å². The van der Waals surface area contributed by atoms with Gasteiger partial charge >= 0.3 is 0 Å². The molecule has 2 atom stereocenters. The lowest BCUT2D eigenvalue weighted by Crippen LogP contribution is -2.45. The third-order valence-electron chi connectivity index (χ3n) is 3.66. The number of hydrogen-bond donors (Lipinski definition) is 1. The number of piperidine rings is 1. The smallest absolute Gasteiger partial charge is 0.253 e. The van der Waals surface area contributed by atoms with Crippen LogP contribution >= 0.6 is 15.9 Å². The van der Waals surface area contributed by atoms with Crippen LogP contribution in [0.1, 0.15) is 30.1 Å². The first-order valence-electron chi connectivity index (χ1n) is 6.49. The summed E-state index contributed by atoms with van der Waals surface area (Å²) in [6.45, 7) is 3.41. The van der Waals surface area contributed by atoms with Gasteiger partial charge in [-0.1, -0.05) is 0 Å². The topological polar surface area (TPSA) is 46.3 Å². The quantitative estimate of drug-likeness (QED) is 0.907. The number of carbonyl (C=O) groups is 1. The summed E-state index contributed by atoms with van der Waals surface area (Å²) < 4.78 is 13.5. The average molecular weight is 329 g/mol. The molecular weight excluding hydrogens is 311 g/mol. The standard InChI is InChI=1S/C14H18BrFN2O/c1-9(17)11-3-2-6-18(8-11)14(19)10-4-5-13(16)12(15)7-10/h4-5,7,9,11H,2-3,6,8,17H2,1H3/t9-,11+/m1/s1. The van der Waals surface area contributed by atoms with Gasteiger partial charge in [-0.2, -0.15) is 0 Å². The summed E-state index contributed by atoms with van der Waals surface area (Å²) in [4.78, 5) is 14.2. The third-order valence-corrected chi connectivity index (χ3v) is 4.26. The molecule has 0 spiro atoms. The molecule has 1 heterocycles. The average Bonchev–Trinajstić information content (AvgIpc) is 2.41. The van der Waals surface area contributed by atoms with Crippen LogP contribution in [0.2, 0.25) is 0 Å². The van der Waals surface area contributed by atoms with Crippen LogP contribution in [0.15, 0.2) is 22.7 Å². The van der Waals surface area contributed by atoms with Gasteiger partial charge in [0.05, 0.1) is 4.47 Å². The van der Waals surface area contributed by atoms with Crippen LogP contribution in [0.4, 0.5) is 4.39 Å². The molecule has 0 aromatic heterocycles. The van der Waals surface area contributed by atoms with Crippen LogP contribution in [0.25, 0.3) is 0 Å². The van der Waals surface area contributed by atoms with Crippen LogP contribution < -0.4 is 5.73 Å². The summed E-state index contributed by atoms with van der Waals surface area (Å²) in [6.07, 6.45) is 2.04. The highest BCUT2D eigenvalue weighted by Gasteiger charge is 2.26. The van der Waals surface area contributed by atoms with Crippen molar-refractivity contribution in [2.24, 2.45) is 11.7 Å². The van der Waals surface area contributed by atoms with Crippen LogP contribution in [-0.2, 0) is 0 Å². The van der Waals surface area contributed by atoms with Gasteiger partial charge in [-0.15, -0.1) is 0 Å². The first kappa shape index (κ1) is 14.5. The van der Waals surface area contributed by atoms with E-state index in [0.29, 0.717) is 22.5 Å². The molecule has 1 aromatic rings. The molecule has 1 saturated heterocycles. The molecule has 1 aliphatic heterocycles. The number of carbonyl (C=O) groups excluding carboxylic acids is 1. The van der Waals surface area contributed by atoms with Gasteiger partial charge in [-0.3, -0.25) is 4.79 Å². The normalized spacial score (nSPS) is 21.3. The Morgan fingerprint density at radius 3 is 2.95 bits per heavy atom. The predicted molar refractivity (Wildman–Crippen MR) is 76.4 cm³/mol. The van der Waals surface area contributed by atoms with Crippen LogP contribution in [0.3, 0.4) is 0 Å². The zero-order valence-corrected chi connectivity index (χ0v) is 12.5. The van der Waals surface area contributed by atoms with E-state index in [2.05, 4.69) is 15.9 Å². The molecular formula is C14H18BrFN2O. The van der Waals surface area contributed by atoms with Gasteiger partial charge in [-0.25, -0.2) is 4.39 Å². The Bertz CT molecular complexity index is 479. The molecule has 1 amide bonds. The van der Waals surface area contributed by atoms with Crippen LogP contribution in [0.5, 0.6) is 0 Å². The zero-order chi connectivity index (χ0) is 14.0. The number of halogens is 2. The Morgan fingerprint density at radius 1 is 1.58 bits per heavy atom. The fourth-order valence-corrected chi connectivity index (χ4v) is 2.81. The van der Waals surface area contributed by atoms with Gasteiger partial charge in [0.25, 0.3) is 5.91 Å². The van der Waals surface area contributed by atoms with E-state index in [9.17, 15) is 9.18 Å². The van der Waals surface area contributed by atoms with Crippen molar-refractivity contribution in [3.8, 4) is 0 Å². The number of benzene rings is 1. The van der Waals surface area contributed by atoms with Gasteiger partial charge < -0.3 is 10.6 Å². The lowest BCUT2D eigenvalue weighted by Gasteiger charge is -2.34. The fraction of sp³-hybridized carbons (Fsp3) is 0.500. The molecule has 1 aromatic carbocycles. The third kappa shape index (κ3) is 3.34. The molecule has 2 rings (SSSR count). The molecule has 0 radical (unpaired) electrons. The van der Waals surface area contributed by atoms with Gasteiger partial charge in [0.15, 0.2) is 0 Å². The van der Waals surface area contributed by atoms with Crippen molar-refractivity contribution in [2.75, 3.05) is 13.1 Å². The predicted octanol–water partition coefficient (Wildman–Crippen LogP) is 2.79. The zero-order valence-electron chi connectivity index (χ0n) is 10.9. The molecule has 2 N–H and O–H groups in total. The van der Waals surface area contributed by atoms with Crippen molar-refractivity contribution in [3.05, 3.63) is 34.1 Å². The van der Waals surface area contributed by atoms with Crippen molar-refractivity contribution in [3.63, 3.8) is 0 Å². The molecule has 0 unspecified atom stereocenters. The lowest BCUT2D eigenvalue weighted by molar-refractivity contribution is 0.0661. The van der Waals surface area contributed by atoms with E-state index in [4.69, 9.17) is 5.73 Å². The monoisotopic (exact) mass is 328 g/mol. The minimum absolute atomic E-state index is 0.0500. The van der Waals surface area contributed by atoms with Gasteiger partial charge in [0, 0.05) is 24.7 Å². The highest BCUT2D eigenvalue weighted by atomic mass is 79.9. The second-order valence-electron chi connectivity index (χ2n) is 5.14. The molecule has 3 nitrogen and oxygen atoms in total. The van der Waals surface area contributed by atoms with Crippen molar-refractivity contribution < 1.29 is 9.18 Å². The Morgan fingerprint density at radius 2 is 2.32 bits per heavy atom. The fourth-order valence-electron chi connectivity index (χ4n) is 2.44. The number of nitrogens with zero attached hydrogens (tertiary/aromatic N) is 1. The largest absolute Gasteiger partial charge is 0.338 e. The highest BCUT2D eigenvalue weighted by molar-refractivity contribution is 9.10. The van der Waals surface area contributed by atoms with Gasteiger partial charge in [0.2, 0.25) is 0 Å². The summed E-state index contributed by atoms with van der Waals surface area (Å²) in [6, 6.07) is 4.46. The molecule has 0 aliphatic carbocycles. The first-order chi connectivity index (χ1) is 8.99. The maximum absolute atomic E-state index is 13.2. The molecule has 104 valence electrons. The van der Waals surface area contributed by atoms with Crippen molar-refractivity contribution in [2.45, 2.75) is 25.8 Å². The summed E-state index contributed by atoms with van der Waals surface area (Å²) in [7, 11) is 0. The first-order valence-corrected chi connectivity index (χ1v) is 7.28. The number of likely N-dealkylation sites (tertiary alicyclic amines) is 1. The van der Waals surface area contributed by atoms with Crippen molar-refractivity contribution >= 4 is 21.8 Å². The van der Waals surface area contributed by atoms with Crippen LogP contribution in [-0.4, -0.2) is 29.9 Å². The molecule has 19 heavy (non-hydrogen) atoms. The second-order valence-corrected chi connectivity index (χ2v) is 6.00. The molecule has 5 heteroatoms. The van der Waals surface area contributed by atoms with Crippen molar-refractivity contribution in [1.82, 2.24) is 4.90 Å². The van der Waals surface area contributed by atoms with E-state index in [1.165, 1.54) is 18.2 Å². The number of rotatable bonds is 2. The maximum Gasteiger partial charge on any atom is 0.253 e. The summed E-state index contributed by atoms with van der Waals surface area (Å²) in [5, 5.41) is 0. The molecule has 1 fully saturated rings. The van der Waals surface area contributed by atoms with E-state index in [1.54, 1.807) is 0 Å². The van der Waals surface area contributed by atoms with E-state index in [0.717, 1.165) is 19.4 Å². The van der Waals surface area contributed by atoms with E-state index in [-0.39, 0.29) is 17.8 Å². The highest BCUT2D eigenvalue weighted by Crippen LogP contribution is 2.22. The molecule has 0 bridgehead atoms. The van der Waals surface area contributed by atoms with Gasteiger partial charge in [-0.05, 0) is 59.8 Å². The minimum atomic E-state index is -0.358. The van der Waals surface area contributed by atoms with Crippen molar-refractivity contribution in [1.29, 1.82) is 0 Å².